The van der Waals surface area contributed by atoms with E-state index in [2.05, 4.69) is 70.5 Å². The number of allylic oxidation sites excluding steroid dienone is 1. The van der Waals surface area contributed by atoms with Crippen LogP contribution in [-0.2, 0) is 17.8 Å². The molecule has 29 heavy (non-hydrogen) atoms. The van der Waals surface area contributed by atoms with Gasteiger partial charge >= 0.3 is 0 Å². The molecule has 1 aromatic heterocycles. The molecule has 3 aromatic carbocycles. The van der Waals surface area contributed by atoms with Crippen molar-refractivity contribution >= 4 is 27.7 Å². The molecule has 4 nitrogen and oxygen atoms in total. The van der Waals surface area contributed by atoms with Gasteiger partial charge in [-0.05, 0) is 47.9 Å². The van der Waals surface area contributed by atoms with Gasteiger partial charge in [0, 0.05) is 19.5 Å². The number of aryl methyl sites for hydroxylation is 1. The van der Waals surface area contributed by atoms with Gasteiger partial charge in [0.25, 0.3) is 0 Å². The van der Waals surface area contributed by atoms with Crippen molar-refractivity contribution in [1.29, 1.82) is 0 Å². The van der Waals surface area contributed by atoms with E-state index >= 15 is 0 Å². The molecule has 0 fully saturated rings. The Morgan fingerprint density at radius 1 is 1.03 bits per heavy atom. The Hall–Kier alpha value is -3.40. The van der Waals surface area contributed by atoms with Crippen LogP contribution in [0.15, 0.2) is 78.9 Å². The molecule has 0 radical (unpaired) electrons. The minimum atomic E-state index is -0.0447. The van der Waals surface area contributed by atoms with Gasteiger partial charge in [0.05, 0.1) is 11.0 Å². The van der Waals surface area contributed by atoms with Crippen molar-refractivity contribution in [2.24, 2.45) is 0 Å². The molecule has 4 heteroatoms. The summed E-state index contributed by atoms with van der Waals surface area (Å²) in [4.78, 5) is 16.5. The lowest BCUT2D eigenvalue weighted by atomic mass is 10.0. The lowest BCUT2D eigenvalue weighted by Gasteiger charge is -2.12. The average Bonchev–Trinajstić information content (AvgIpc) is 3.09. The molecule has 0 aliphatic rings. The summed E-state index contributed by atoms with van der Waals surface area (Å²) in [6.07, 6.45) is 4.96. The first-order chi connectivity index (χ1) is 14.3. The fourth-order valence-corrected chi connectivity index (χ4v) is 3.76. The number of hydrogen-bond donors (Lipinski definition) is 1. The molecule has 0 saturated heterocycles. The second-order valence-electron chi connectivity index (χ2n) is 7.14. The Balaban J connectivity index is 1.61. The zero-order valence-electron chi connectivity index (χ0n) is 16.6. The molecule has 0 aliphatic heterocycles. The molecule has 1 amide bonds. The second-order valence-corrected chi connectivity index (χ2v) is 7.14. The van der Waals surface area contributed by atoms with E-state index in [0.29, 0.717) is 6.54 Å². The fraction of sp³-hybridized carbons (Fsp3) is 0.200. The molecular weight excluding hydrogens is 358 g/mol. The Bertz CT molecular complexity index is 1170. The molecule has 1 heterocycles. The summed E-state index contributed by atoms with van der Waals surface area (Å²) in [5.74, 6) is 1.01. The average molecular weight is 383 g/mol. The minimum Gasteiger partial charge on any atom is -0.353 e. The molecule has 0 atom stereocenters. The van der Waals surface area contributed by atoms with Gasteiger partial charge in [-0.2, -0.15) is 0 Å². The number of rotatable bonds is 7. The van der Waals surface area contributed by atoms with Crippen LogP contribution in [0.3, 0.4) is 0 Å². The topological polar surface area (TPSA) is 46.9 Å². The van der Waals surface area contributed by atoms with Crippen LogP contribution in [0.4, 0.5) is 0 Å². The third kappa shape index (κ3) is 4.21. The number of nitrogens with zero attached hydrogens (tertiary/aromatic N) is 2. The van der Waals surface area contributed by atoms with E-state index in [4.69, 9.17) is 4.98 Å². The van der Waals surface area contributed by atoms with E-state index in [1.165, 1.54) is 16.3 Å². The van der Waals surface area contributed by atoms with Crippen LogP contribution >= 0.6 is 0 Å². The molecule has 1 N–H and O–H groups in total. The lowest BCUT2D eigenvalue weighted by Crippen LogP contribution is -2.22. The number of imidazole rings is 1. The molecule has 4 rings (SSSR count). The van der Waals surface area contributed by atoms with E-state index in [9.17, 15) is 4.79 Å². The number of benzene rings is 3. The van der Waals surface area contributed by atoms with E-state index in [-0.39, 0.29) is 5.91 Å². The summed E-state index contributed by atoms with van der Waals surface area (Å²) in [6.45, 7) is 3.26. The number of para-hydroxylation sites is 2. The number of amides is 1. The maximum atomic E-state index is 11.6. The van der Waals surface area contributed by atoms with Crippen LogP contribution in [0.1, 0.15) is 24.7 Å². The number of carbonyl (C=O) groups excluding carboxylic acids is 1. The summed E-state index contributed by atoms with van der Waals surface area (Å²) in [5.41, 5.74) is 3.45. The van der Waals surface area contributed by atoms with Crippen LogP contribution in [0, 0.1) is 0 Å². The molecule has 0 unspecified atom stereocenters. The van der Waals surface area contributed by atoms with Gasteiger partial charge in [0.1, 0.15) is 5.82 Å². The quantitative estimate of drug-likeness (QED) is 0.366. The Kier molecular flexibility index (Phi) is 5.71. The maximum Gasteiger partial charge on any atom is 0.243 e. The smallest absolute Gasteiger partial charge is 0.243 e. The summed E-state index contributed by atoms with van der Waals surface area (Å²) in [5, 5.41) is 5.45. The number of aromatic nitrogens is 2. The van der Waals surface area contributed by atoms with Crippen LogP contribution < -0.4 is 5.32 Å². The number of nitrogens with one attached hydrogen (secondary N) is 1. The number of fused-ring (bicyclic) bond motifs is 2. The fourth-order valence-electron chi connectivity index (χ4n) is 3.76. The summed E-state index contributed by atoms with van der Waals surface area (Å²) in [6, 6.07) is 23.2. The van der Waals surface area contributed by atoms with Crippen LogP contribution in [0.25, 0.3) is 21.8 Å². The second kappa shape index (κ2) is 8.74. The van der Waals surface area contributed by atoms with E-state index < -0.39 is 0 Å². The van der Waals surface area contributed by atoms with Gasteiger partial charge in [-0.25, -0.2) is 4.98 Å². The third-order valence-corrected chi connectivity index (χ3v) is 5.14. The van der Waals surface area contributed by atoms with E-state index in [1.807, 2.05) is 13.0 Å². The zero-order valence-corrected chi connectivity index (χ0v) is 16.6. The van der Waals surface area contributed by atoms with Crippen molar-refractivity contribution in [3.8, 4) is 0 Å². The maximum absolute atomic E-state index is 11.6. The Labute approximate surface area is 170 Å². The molecule has 0 spiro atoms. The van der Waals surface area contributed by atoms with Crippen molar-refractivity contribution in [3.05, 3.63) is 90.3 Å². The van der Waals surface area contributed by atoms with Crippen molar-refractivity contribution in [2.45, 2.75) is 26.3 Å². The van der Waals surface area contributed by atoms with E-state index in [1.54, 1.807) is 12.2 Å². The largest absolute Gasteiger partial charge is 0.353 e. The summed E-state index contributed by atoms with van der Waals surface area (Å²) in [7, 11) is 0. The SMILES string of the molecule is C/C=C\C(=O)NCCCc1nc2ccccc2n1Cc1cccc2ccccc12. The highest BCUT2D eigenvalue weighted by atomic mass is 16.1. The van der Waals surface area contributed by atoms with Gasteiger partial charge in [-0.15, -0.1) is 0 Å². The first kappa shape index (κ1) is 18.9. The molecule has 4 aromatic rings. The number of carbonyl (C=O) groups is 1. The third-order valence-electron chi connectivity index (χ3n) is 5.14. The summed E-state index contributed by atoms with van der Waals surface area (Å²) >= 11 is 0. The first-order valence-corrected chi connectivity index (χ1v) is 10.1. The highest BCUT2D eigenvalue weighted by Gasteiger charge is 2.12. The van der Waals surface area contributed by atoms with Crippen LogP contribution in [0.2, 0.25) is 0 Å². The van der Waals surface area contributed by atoms with Crippen molar-refractivity contribution in [2.75, 3.05) is 6.54 Å². The molecule has 0 bridgehead atoms. The van der Waals surface area contributed by atoms with Crippen molar-refractivity contribution in [3.63, 3.8) is 0 Å². The first-order valence-electron chi connectivity index (χ1n) is 10.1. The van der Waals surface area contributed by atoms with Crippen molar-refractivity contribution in [1.82, 2.24) is 14.9 Å². The molecule has 146 valence electrons. The highest BCUT2D eigenvalue weighted by Crippen LogP contribution is 2.23. The normalized spacial score (nSPS) is 11.5. The van der Waals surface area contributed by atoms with Gasteiger partial charge < -0.3 is 9.88 Å². The Morgan fingerprint density at radius 3 is 2.72 bits per heavy atom. The molecular formula is C25H25N3O. The monoisotopic (exact) mass is 383 g/mol. The van der Waals surface area contributed by atoms with Crippen LogP contribution in [0.5, 0.6) is 0 Å². The molecule has 0 saturated carbocycles. The highest BCUT2D eigenvalue weighted by molar-refractivity contribution is 5.87. The van der Waals surface area contributed by atoms with Gasteiger partial charge in [-0.3, -0.25) is 4.79 Å². The lowest BCUT2D eigenvalue weighted by molar-refractivity contribution is -0.116. The van der Waals surface area contributed by atoms with E-state index in [0.717, 1.165) is 36.2 Å². The minimum absolute atomic E-state index is 0.0447. The molecule has 0 aliphatic carbocycles. The predicted octanol–water partition coefficient (Wildman–Crippen LogP) is 4.86. The van der Waals surface area contributed by atoms with Gasteiger partial charge in [0.15, 0.2) is 0 Å². The van der Waals surface area contributed by atoms with Crippen LogP contribution in [-0.4, -0.2) is 22.0 Å². The number of hydrogen-bond acceptors (Lipinski definition) is 2. The summed E-state index contributed by atoms with van der Waals surface area (Å²) < 4.78 is 2.31. The standard InChI is InChI=1S/C25H25N3O/c1-2-9-25(29)26-17-8-16-24-27-22-14-5-6-15-23(22)28(24)18-20-12-7-11-19-10-3-4-13-21(19)20/h2-7,9-15H,8,16-18H2,1H3,(H,26,29)/b9-2-. The Morgan fingerprint density at radius 2 is 1.83 bits per heavy atom. The predicted molar refractivity (Wildman–Crippen MR) is 119 cm³/mol. The van der Waals surface area contributed by atoms with Crippen molar-refractivity contribution < 1.29 is 4.79 Å². The zero-order chi connectivity index (χ0) is 20.1. The van der Waals surface area contributed by atoms with Gasteiger partial charge in [-0.1, -0.05) is 60.7 Å². The van der Waals surface area contributed by atoms with Gasteiger partial charge in [0.2, 0.25) is 5.91 Å².